The van der Waals surface area contributed by atoms with Crippen LogP contribution in [0.3, 0.4) is 0 Å². The highest BCUT2D eigenvalue weighted by molar-refractivity contribution is 5.42. The highest BCUT2D eigenvalue weighted by Crippen LogP contribution is 2.33. The zero-order valence-electron chi connectivity index (χ0n) is 9.61. The third kappa shape index (κ3) is 2.89. The lowest BCUT2D eigenvalue weighted by atomic mass is 10.2. The summed E-state index contributed by atoms with van der Waals surface area (Å²) in [5.41, 5.74) is 0.849. The molecule has 0 aromatic heterocycles. The van der Waals surface area contributed by atoms with Crippen molar-refractivity contribution in [3.63, 3.8) is 0 Å². The van der Waals surface area contributed by atoms with Gasteiger partial charge in [-0.1, -0.05) is 6.07 Å². The summed E-state index contributed by atoms with van der Waals surface area (Å²) in [5.74, 6) is 2.24. The number of ether oxygens (including phenoxy) is 2. The molecule has 1 N–H and O–H groups in total. The quantitative estimate of drug-likeness (QED) is 0.803. The van der Waals surface area contributed by atoms with Crippen LogP contribution in [0.4, 0.5) is 0 Å². The first-order valence-corrected chi connectivity index (χ1v) is 5.83. The van der Waals surface area contributed by atoms with Crippen molar-refractivity contribution in [3.05, 3.63) is 23.8 Å². The second-order valence-electron chi connectivity index (χ2n) is 4.13. The molecule has 1 aliphatic rings. The molecule has 0 unspecified atom stereocenters. The van der Waals surface area contributed by atoms with Crippen LogP contribution in [-0.2, 0) is 6.61 Å². The van der Waals surface area contributed by atoms with Crippen molar-refractivity contribution in [2.75, 3.05) is 13.2 Å². The lowest BCUT2D eigenvalue weighted by Gasteiger charge is -2.12. The van der Waals surface area contributed by atoms with Gasteiger partial charge in [0, 0.05) is 0 Å². The maximum Gasteiger partial charge on any atom is 0.161 e. The average Bonchev–Trinajstić information content (AvgIpc) is 3.11. The molecule has 0 amide bonds. The standard InChI is InChI=1S/C13H18O3/c1-2-15-13-7-11(8-14)5-6-12(13)16-9-10-3-4-10/h5-7,10,14H,2-4,8-9H2,1H3. The van der Waals surface area contributed by atoms with E-state index in [0.29, 0.717) is 6.61 Å². The van der Waals surface area contributed by atoms with E-state index < -0.39 is 0 Å². The van der Waals surface area contributed by atoms with Gasteiger partial charge in [0.15, 0.2) is 11.5 Å². The average molecular weight is 222 g/mol. The van der Waals surface area contributed by atoms with E-state index in [0.717, 1.165) is 29.6 Å². The molecule has 1 aliphatic carbocycles. The number of hydrogen-bond donors (Lipinski definition) is 1. The van der Waals surface area contributed by atoms with Gasteiger partial charge in [0.25, 0.3) is 0 Å². The molecule has 0 saturated heterocycles. The summed E-state index contributed by atoms with van der Waals surface area (Å²) in [6.45, 7) is 3.35. The smallest absolute Gasteiger partial charge is 0.161 e. The van der Waals surface area contributed by atoms with Gasteiger partial charge in [-0.25, -0.2) is 0 Å². The van der Waals surface area contributed by atoms with Gasteiger partial charge in [-0.15, -0.1) is 0 Å². The van der Waals surface area contributed by atoms with Gasteiger partial charge in [0.1, 0.15) is 0 Å². The summed E-state index contributed by atoms with van der Waals surface area (Å²) in [6.07, 6.45) is 2.55. The van der Waals surface area contributed by atoms with Crippen molar-refractivity contribution in [2.24, 2.45) is 5.92 Å². The Balaban J connectivity index is 2.06. The molecular formula is C13H18O3. The largest absolute Gasteiger partial charge is 0.490 e. The van der Waals surface area contributed by atoms with E-state index in [9.17, 15) is 0 Å². The van der Waals surface area contributed by atoms with E-state index in [1.54, 1.807) is 0 Å². The summed E-state index contributed by atoms with van der Waals surface area (Å²) in [4.78, 5) is 0. The molecule has 0 bridgehead atoms. The van der Waals surface area contributed by atoms with Crippen LogP contribution in [0.2, 0.25) is 0 Å². The summed E-state index contributed by atoms with van der Waals surface area (Å²) in [6, 6.07) is 5.58. The molecule has 2 rings (SSSR count). The number of benzene rings is 1. The fraction of sp³-hybridized carbons (Fsp3) is 0.538. The molecule has 1 aromatic carbocycles. The van der Waals surface area contributed by atoms with Gasteiger partial charge in [-0.3, -0.25) is 0 Å². The minimum absolute atomic E-state index is 0.0307. The van der Waals surface area contributed by atoms with Crippen molar-refractivity contribution >= 4 is 0 Å². The molecule has 3 heteroatoms. The van der Waals surface area contributed by atoms with Gasteiger partial charge in [0.05, 0.1) is 19.8 Å². The van der Waals surface area contributed by atoms with E-state index in [4.69, 9.17) is 14.6 Å². The molecule has 0 heterocycles. The molecule has 0 radical (unpaired) electrons. The molecule has 1 fully saturated rings. The molecule has 16 heavy (non-hydrogen) atoms. The van der Waals surface area contributed by atoms with Crippen molar-refractivity contribution in [1.29, 1.82) is 0 Å². The Hall–Kier alpha value is -1.22. The van der Waals surface area contributed by atoms with Gasteiger partial charge in [0.2, 0.25) is 0 Å². The van der Waals surface area contributed by atoms with Crippen molar-refractivity contribution in [2.45, 2.75) is 26.4 Å². The Kier molecular flexibility index (Phi) is 3.67. The first kappa shape index (κ1) is 11.3. The van der Waals surface area contributed by atoms with E-state index in [2.05, 4.69) is 0 Å². The van der Waals surface area contributed by atoms with E-state index in [-0.39, 0.29) is 6.61 Å². The SMILES string of the molecule is CCOc1cc(CO)ccc1OCC1CC1. The molecular weight excluding hydrogens is 204 g/mol. The second-order valence-corrected chi connectivity index (χ2v) is 4.13. The van der Waals surface area contributed by atoms with Crippen LogP contribution in [0, 0.1) is 5.92 Å². The summed E-state index contributed by atoms with van der Waals surface area (Å²) >= 11 is 0. The van der Waals surface area contributed by atoms with Gasteiger partial charge < -0.3 is 14.6 Å². The van der Waals surface area contributed by atoms with Crippen LogP contribution in [0.5, 0.6) is 11.5 Å². The second kappa shape index (κ2) is 5.21. The van der Waals surface area contributed by atoms with Crippen LogP contribution >= 0.6 is 0 Å². The first-order chi connectivity index (χ1) is 7.83. The molecule has 88 valence electrons. The Morgan fingerprint density at radius 1 is 1.25 bits per heavy atom. The summed E-state index contributed by atoms with van der Waals surface area (Å²) in [5, 5.41) is 9.05. The Morgan fingerprint density at radius 3 is 2.69 bits per heavy atom. The third-order valence-corrected chi connectivity index (χ3v) is 2.66. The zero-order chi connectivity index (χ0) is 11.4. The maximum atomic E-state index is 9.05. The van der Waals surface area contributed by atoms with E-state index in [1.165, 1.54) is 12.8 Å². The first-order valence-electron chi connectivity index (χ1n) is 5.83. The summed E-state index contributed by atoms with van der Waals surface area (Å²) in [7, 11) is 0. The maximum absolute atomic E-state index is 9.05. The number of aliphatic hydroxyl groups excluding tert-OH is 1. The topological polar surface area (TPSA) is 38.7 Å². The molecule has 3 nitrogen and oxygen atoms in total. The van der Waals surface area contributed by atoms with Crippen LogP contribution in [-0.4, -0.2) is 18.3 Å². The van der Waals surface area contributed by atoms with Crippen LogP contribution in [0.15, 0.2) is 18.2 Å². The van der Waals surface area contributed by atoms with Crippen molar-refractivity contribution in [3.8, 4) is 11.5 Å². The Bertz CT molecular complexity index is 345. The predicted molar refractivity (Wildman–Crippen MR) is 61.8 cm³/mol. The van der Waals surface area contributed by atoms with Gasteiger partial charge >= 0.3 is 0 Å². The minimum atomic E-state index is 0.0307. The number of rotatable bonds is 6. The molecule has 0 atom stereocenters. The third-order valence-electron chi connectivity index (χ3n) is 2.66. The Morgan fingerprint density at radius 2 is 2.06 bits per heavy atom. The number of hydrogen-bond acceptors (Lipinski definition) is 3. The van der Waals surface area contributed by atoms with Crippen LogP contribution < -0.4 is 9.47 Å². The lowest BCUT2D eigenvalue weighted by Crippen LogP contribution is -2.02. The number of aliphatic hydroxyl groups is 1. The van der Waals surface area contributed by atoms with Crippen LogP contribution in [0.1, 0.15) is 25.3 Å². The van der Waals surface area contributed by atoms with Crippen molar-refractivity contribution in [1.82, 2.24) is 0 Å². The highest BCUT2D eigenvalue weighted by Gasteiger charge is 2.22. The highest BCUT2D eigenvalue weighted by atomic mass is 16.5. The zero-order valence-corrected chi connectivity index (χ0v) is 9.61. The van der Waals surface area contributed by atoms with Gasteiger partial charge in [-0.2, -0.15) is 0 Å². The predicted octanol–water partition coefficient (Wildman–Crippen LogP) is 2.37. The molecule has 0 aliphatic heterocycles. The van der Waals surface area contributed by atoms with Gasteiger partial charge in [-0.05, 0) is 43.4 Å². The molecule has 1 aromatic rings. The fourth-order valence-corrected chi connectivity index (χ4v) is 1.53. The molecule has 0 spiro atoms. The fourth-order valence-electron chi connectivity index (χ4n) is 1.53. The molecule has 1 saturated carbocycles. The Labute approximate surface area is 96.0 Å². The monoisotopic (exact) mass is 222 g/mol. The lowest BCUT2D eigenvalue weighted by molar-refractivity contribution is 0.262. The van der Waals surface area contributed by atoms with Crippen molar-refractivity contribution < 1.29 is 14.6 Å². The van der Waals surface area contributed by atoms with Crippen LogP contribution in [0.25, 0.3) is 0 Å². The summed E-state index contributed by atoms with van der Waals surface area (Å²) < 4.78 is 11.2. The minimum Gasteiger partial charge on any atom is -0.490 e. The van der Waals surface area contributed by atoms with E-state index >= 15 is 0 Å². The normalized spacial score (nSPS) is 14.9. The van der Waals surface area contributed by atoms with E-state index in [1.807, 2.05) is 25.1 Å².